The molecule has 0 saturated carbocycles. The van der Waals surface area contributed by atoms with Crippen molar-refractivity contribution in [3.8, 4) is 5.75 Å². The topological polar surface area (TPSA) is 55.4 Å². The van der Waals surface area contributed by atoms with E-state index in [1.54, 1.807) is 0 Å². The third-order valence-corrected chi connectivity index (χ3v) is 2.53. The van der Waals surface area contributed by atoms with Crippen LogP contribution in [0.5, 0.6) is 5.75 Å². The van der Waals surface area contributed by atoms with Crippen molar-refractivity contribution >= 4 is 17.6 Å². The highest BCUT2D eigenvalue weighted by molar-refractivity contribution is 5.91. The summed E-state index contributed by atoms with van der Waals surface area (Å²) in [4.78, 5) is 22.6. The van der Waals surface area contributed by atoms with Gasteiger partial charge in [-0.1, -0.05) is 0 Å². The van der Waals surface area contributed by atoms with E-state index in [1.165, 1.54) is 31.2 Å². The van der Waals surface area contributed by atoms with Crippen molar-refractivity contribution in [3.05, 3.63) is 59.7 Å². The zero-order valence-corrected chi connectivity index (χ0v) is 11.0. The Morgan fingerprint density at radius 2 is 1.71 bits per heavy atom. The Bertz CT molecular complexity index is 684. The first kappa shape index (κ1) is 14.6. The van der Waals surface area contributed by atoms with Gasteiger partial charge in [0.15, 0.2) is 0 Å². The molecule has 0 aliphatic rings. The number of benzene rings is 2. The second kappa shape index (κ2) is 6.13. The molecular weight excluding hydrogens is 280 g/mol. The van der Waals surface area contributed by atoms with Crippen molar-refractivity contribution in [3.63, 3.8) is 0 Å². The molecule has 0 unspecified atom stereocenters. The van der Waals surface area contributed by atoms with Crippen LogP contribution in [0.15, 0.2) is 42.5 Å². The van der Waals surface area contributed by atoms with Crippen molar-refractivity contribution in [2.24, 2.45) is 0 Å². The fourth-order valence-corrected chi connectivity index (χ4v) is 1.63. The first-order chi connectivity index (χ1) is 9.95. The number of anilines is 1. The SMILES string of the molecule is CC(=O)Nc1ccc(OC(=O)c2cc(F)ccc2F)cc1. The molecule has 6 heteroatoms. The fraction of sp³-hybridized carbons (Fsp3) is 0.0667. The van der Waals surface area contributed by atoms with E-state index in [0.717, 1.165) is 18.2 Å². The molecular formula is C15H11F2NO3. The fourth-order valence-electron chi connectivity index (χ4n) is 1.63. The Labute approximate surface area is 119 Å². The van der Waals surface area contributed by atoms with Gasteiger partial charge in [0.05, 0.1) is 5.56 Å². The third-order valence-electron chi connectivity index (χ3n) is 2.53. The van der Waals surface area contributed by atoms with Crippen LogP contribution in [0.1, 0.15) is 17.3 Å². The summed E-state index contributed by atoms with van der Waals surface area (Å²) < 4.78 is 31.4. The van der Waals surface area contributed by atoms with Gasteiger partial charge in [0.2, 0.25) is 5.91 Å². The summed E-state index contributed by atoms with van der Waals surface area (Å²) in [6.07, 6.45) is 0. The highest BCUT2D eigenvalue weighted by Crippen LogP contribution is 2.18. The molecule has 1 amide bonds. The summed E-state index contributed by atoms with van der Waals surface area (Å²) in [6.45, 7) is 1.36. The minimum atomic E-state index is -1.00. The van der Waals surface area contributed by atoms with Crippen molar-refractivity contribution in [2.45, 2.75) is 6.92 Å². The van der Waals surface area contributed by atoms with E-state index >= 15 is 0 Å². The van der Waals surface area contributed by atoms with Crippen LogP contribution in [-0.4, -0.2) is 11.9 Å². The van der Waals surface area contributed by atoms with Crippen molar-refractivity contribution < 1.29 is 23.1 Å². The molecule has 4 nitrogen and oxygen atoms in total. The molecule has 0 saturated heterocycles. The number of ether oxygens (including phenoxy) is 1. The number of esters is 1. The second-order valence-corrected chi connectivity index (χ2v) is 4.22. The van der Waals surface area contributed by atoms with Crippen LogP contribution in [0.25, 0.3) is 0 Å². The lowest BCUT2D eigenvalue weighted by atomic mass is 10.2. The standard InChI is InChI=1S/C15H11F2NO3/c1-9(19)18-11-3-5-12(6-4-11)21-15(20)13-8-10(16)2-7-14(13)17/h2-8H,1H3,(H,18,19). The number of nitrogens with one attached hydrogen (secondary N) is 1. The summed E-state index contributed by atoms with van der Waals surface area (Å²) in [5, 5.41) is 2.54. The zero-order chi connectivity index (χ0) is 15.4. The monoisotopic (exact) mass is 291 g/mol. The minimum Gasteiger partial charge on any atom is -0.423 e. The Morgan fingerprint density at radius 3 is 2.33 bits per heavy atom. The molecule has 0 fully saturated rings. The predicted octanol–water partition coefficient (Wildman–Crippen LogP) is 3.14. The number of amides is 1. The molecule has 2 rings (SSSR count). The first-order valence-electron chi connectivity index (χ1n) is 6.00. The lowest BCUT2D eigenvalue weighted by Crippen LogP contribution is -2.11. The molecule has 0 aliphatic heterocycles. The molecule has 0 bridgehead atoms. The molecule has 0 aliphatic carbocycles. The quantitative estimate of drug-likeness (QED) is 0.698. The van der Waals surface area contributed by atoms with Gasteiger partial charge in [0, 0.05) is 12.6 Å². The van der Waals surface area contributed by atoms with Crippen molar-refractivity contribution in [1.82, 2.24) is 0 Å². The number of hydrogen-bond acceptors (Lipinski definition) is 3. The van der Waals surface area contributed by atoms with Crippen LogP contribution in [0.2, 0.25) is 0 Å². The molecule has 2 aromatic rings. The summed E-state index contributed by atoms with van der Waals surface area (Å²) in [5.41, 5.74) is 0.0418. The lowest BCUT2D eigenvalue weighted by Gasteiger charge is -2.07. The average molecular weight is 291 g/mol. The maximum atomic E-state index is 13.4. The number of carbonyl (C=O) groups excluding carboxylic acids is 2. The van der Waals surface area contributed by atoms with E-state index in [4.69, 9.17) is 4.74 Å². The smallest absolute Gasteiger partial charge is 0.346 e. The molecule has 0 aromatic heterocycles. The maximum absolute atomic E-state index is 13.4. The number of hydrogen-bond donors (Lipinski definition) is 1. The van der Waals surface area contributed by atoms with E-state index in [2.05, 4.69) is 5.32 Å². The van der Waals surface area contributed by atoms with E-state index in [0.29, 0.717) is 5.69 Å². The number of halogens is 2. The lowest BCUT2D eigenvalue weighted by molar-refractivity contribution is -0.114. The molecule has 0 atom stereocenters. The molecule has 0 heterocycles. The van der Waals surface area contributed by atoms with Crippen LogP contribution in [0.3, 0.4) is 0 Å². The van der Waals surface area contributed by atoms with Gasteiger partial charge in [0.1, 0.15) is 17.4 Å². The summed E-state index contributed by atoms with van der Waals surface area (Å²) in [6, 6.07) is 8.43. The van der Waals surface area contributed by atoms with Gasteiger partial charge in [-0.2, -0.15) is 0 Å². The van der Waals surface area contributed by atoms with Crippen molar-refractivity contribution in [1.29, 1.82) is 0 Å². The van der Waals surface area contributed by atoms with Crippen LogP contribution in [0.4, 0.5) is 14.5 Å². The van der Waals surface area contributed by atoms with Crippen molar-refractivity contribution in [2.75, 3.05) is 5.32 Å². The third kappa shape index (κ3) is 3.85. The first-order valence-corrected chi connectivity index (χ1v) is 6.00. The van der Waals surface area contributed by atoms with Gasteiger partial charge in [-0.15, -0.1) is 0 Å². The van der Waals surface area contributed by atoms with E-state index < -0.39 is 23.2 Å². The Balaban J connectivity index is 2.12. The maximum Gasteiger partial charge on any atom is 0.346 e. The molecule has 0 radical (unpaired) electrons. The summed E-state index contributed by atoms with van der Waals surface area (Å²) in [7, 11) is 0. The predicted molar refractivity (Wildman–Crippen MR) is 72.1 cm³/mol. The van der Waals surface area contributed by atoms with E-state index in [1.807, 2.05) is 0 Å². The summed E-state index contributed by atoms with van der Waals surface area (Å²) in [5.74, 6) is -2.68. The highest BCUT2D eigenvalue weighted by atomic mass is 19.1. The van der Waals surface area contributed by atoms with Gasteiger partial charge in [-0.05, 0) is 42.5 Å². The summed E-state index contributed by atoms with van der Waals surface area (Å²) >= 11 is 0. The Kier molecular flexibility index (Phi) is 4.27. The van der Waals surface area contributed by atoms with Gasteiger partial charge in [-0.25, -0.2) is 13.6 Å². The molecule has 108 valence electrons. The molecule has 1 N–H and O–H groups in total. The van der Waals surface area contributed by atoms with Gasteiger partial charge >= 0.3 is 5.97 Å². The number of rotatable bonds is 3. The van der Waals surface area contributed by atoms with Crippen LogP contribution in [0, 0.1) is 11.6 Å². The highest BCUT2D eigenvalue weighted by Gasteiger charge is 2.15. The molecule has 2 aromatic carbocycles. The largest absolute Gasteiger partial charge is 0.423 e. The van der Waals surface area contributed by atoms with Gasteiger partial charge < -0.3 is 10.1 Å². The van der Waals surface area contributed by atoms with E-state index in [9.17, 15) is 18.4 Å². The molecule has 21 heavy (non-hydrogen) atoms. The van der Waals surface area contributed by atoms with E-state index in [-0.39, 0.29) is 11.7 Å². The second-order valence-electron chi connectivity index (χ2n) is 4.22. The van der Waals surface area contributed by atoms with Crippen LogP contribution in [-0.2, 0) is 4.79 Å². The van der Waals surface area contributed by atoms with Gasteiger partial charge in [-0.3, -0.25) is 4.79 Å². The van der Waals surface area contributed by atoms with Crippen LogP contribution < -0.4 is 10.1 Å². The Hall–Kier alpha value is -2.76. The number of carbonyl (C=O) groups is 2. The zero-order valence-electron chi connectivity index (χ0n) is 11.0. The Morgan fingerprint density at radius 1 is 1.05 bits per heavy atom. The van der Waals surface area contributed by atoms with Crippen LogP contribution >= 0.6 is 0 Å². The normalized spacial score (nSPS) is 10.0. The minimum absolute atomic E-state index is 0.151. The van der Waals surface area contributed by atoms with Gasteiger partial charge in [0.25, 0.3) is 0 Å². The molecule has 0 spiro atoms. The average Bonchev–Trinajstić information content (AvgIpc) is 2.43.